The second-order valence-corrected chi connectivity index (χ2v) is 15.3. The average Bonchev–Trinajstić information content (AvgIpc) is 3.71. The Morgan fingerprint density at radius 1 is 0.696 bits per heavy atom. The van der Waals surface area contributed by atoms with E-state index in [-0.39, 0.29) is 32.2 Å². The Morgan fingerprint density at radius 2 is 1.25 bits per heavy atom. The van der Waals surface area contributed by atoms with Crippen molar-refractivity contribution in [1.29, 1.82) is 0 Å². The van der Waals surface area contributed by atoms with Gasteiger partial charge in [-0.15, -0.1) is 0 Å². The van der Waals surface area contributed by atoms with Crippen LogP contribution < -0.4 is 5.32 Å². The maximum absolute atomic E-state index is 12.8. The van der Waals surface area contributed by atoms with E-state index in [1.807, 2.05) is 12.1 Å². The summed E-state index contributed by atoms with van der Waals surface area (Å²) in [7, 11) is 0. The highest BCUT2D eigenvalue weighted by atomic mass is 16.7. The zero-order valence-electron chi connectivity index (χ0n) is 35.4. The van der Waals surface area contributed by atoms with Gasteiger partial charge in [0.15, 0.2) is 6.29 Å². The first-order chi connectivity index (χ1) is 27.3. The lowest BCUT2D eigenvalue weighted by Gasteiger charge is -2.19. The predicted octanol–water partition coefficient (Wildman–Crippen LogP) is 10.6. The summed E-state index contributed by atoms with van der Waals surface area (Å²) in [4.78, 5) is 40.2. The standard InChI is InChI=1S/C45H77N2O9/c1-5-8-11-14-16-21-30-51-43(52-31-22-17-15-12-9-6-2)25-24-42(48)53-35-39-32-38(4)33-40(34-39)36-54-45(50)55-37-41(23-18-13-10-7-3)56-44(49)46-26-29-47-27-19-20-28-47/h32-34,41,43H,4-31,35-37H2,1-3H3,(H,46,49). The minimum Gasteiger partial charge on any atom is -0.461 e. The lowest BCUT2D eigenvalue weighted by molar-refractivity contribution is -0.160. The van der Waals surface area contributed by atoms with Crippen LogP contribution in [0.15, 0.2) is 18.2 Å². The second-order valence-electron chi connectivity index (χ2n) is 15.3. The van der Waals surface area contributed by atoms with Gasteiger partial charge < -0.3 is 38.6 Å². The first-order valence-electron chi connectivity index (χ1n) is 22.1. The summed E-state index contributed by atoms with van der Waals surface area (Å²) >= 11 is 0. The van der Waals surface area contributed by atoms with Crippen molar-refractivity contribution in [2.75, 3.05) is 46.0 Å². The zero-order chi connectivity index (χ0) is 40.5. The number of hydrogen-bond donors (Lipinski definition) is 1. The van der Waals surface area contributed by atoms with Crippen molar-refractivity contribution in [3.8, 4) is 0 Å². The molecule has 11 nitrogen and oxygen atoms in total. The summed E-state index contributed by atoms with van der Waals surface area (Å²) in [6, 6.07) is 5.46. The first-order valence-corrected chi connectivity index (χ1v) is 22.1. The molecule has 1 aromatic carbocycles. The van der Waals surface area contributed by atoms with Crippen LogP contribution in [-0.4, -0.2) is 81.5 Å². The van der Waals surface area contributed by atoms with Crippen LogP contribution in [0.5, 0.6) is 0 Å². The van der Waals surface area contributed by atoms with Gasteiger partial charge in [0.2, 0.25) is 0 Å². The molecule has 1 N–H and O–H groups in total. The minimum atomic E-state index is -0.851. The summed E-state index contributed by atoms with van der Waals surface area (Å²) < 4.78 is 34.1. The molecule has 1 aliphatic rings. The van der Waals surface area contributed by atoms with Gasteiger partial charge in [0, 0.05) is 32.7 Å². The molecule has 56 heavy (non-hydrogen) atoms. The monoisotopic (exact) mass is 790 g/mol. The molecular weight excluding hydrogens is 712 g/mol. The Bertz CT molecular complexity index is 1140. The SMILES string of the molecule is [CH2]c1cc(COC(=O)CCC(OCCCCCCCC)OCCCCCCCC)cc(COC(=O)OCC(CCCCCC)OC(=O)NCCN2CCCC2)c1. The number of nitrogens with zero attached hydrogens (tertiary/aromatic N) is 1. The minimum absolute atomic E-state index is 0.0459. The highest BCUT2D eigenvalue weighted by Crippen LogP contribution is 2.16. The van der Waals surface area contributed by atoms with Gasteiger partial charge in [0.25, 0.3) is 0 Å². The number of unbranched alkanes of at least 4 members (excludes halogenated alkanes) is 13. The molecule has 1 radical (unpaired) electrons. The Morgan fingerprint density at radius 3 is 1.86 bits per heavy atom. The molecule has 0 aliphatic carbocycles. The summed E-state index contributed by atoms with van der Waals surface area (Å²) in [6.45, 7) is 15.2. The van der Waals surface area contributed by atoms with Gasteiger partial charge in [-0.1, -0.05) is 116 Å². The number of amides is 1. The van der Waals surface area contributed by atoms with Gasteiger partial charge in [-0.25, -0.2) is 9.59 Å². The van der Waals surface area contributed by atoms with Crippen LogP contribution in [0.3, 0.4) is 0 Å². The third-order valence-corrected chi connectivity index (χ3v) is 9.99. The van der Waals surface area contributed by atoms with Gasteiger partial charge in [0.05, 0.1) is 6.42 Å². The molecular formula is C45H77N2O9. The summed E-state index contributed by atoms with van der Waals surface area (Å²) in [5.41, 5.74) is 2.13. The Labute approximate surface area is 339 Å². The molecule has 0 aromatic heterocycles. The van der Waals surface area contributed by atoms with Crippen LogP contribution in [0.1, 0.15) is 172 Å². The normalized spacial score (nSPS) is 13.5. The lowest BCUT2D eigenvalue weighted by Crippen LogP contribution is -2.36. The van der Waals surface area contributed by atoms with E-state index in [0.29, 0.717) is 43.7 Å². The van der Waals surface area contributed by atoms with E-state index in [2.05, 4.69) is 37.9 Å². The molecule has 1 heterocycles. The molecule has 0 bridgehead atoms. The average molecular weight is 790 g/mol. The van der Waals surface area contributed by atoms with Crippen molar-refractivity contribution in [2.24, 2.45) is 0 Å². The lowest BCUT2D eigenvalue weighted by atomic mass is 10.1. The number of benzene rings is 1. The molecule has 1 saturated heterocycles. The van der Waals surface area contributed by atoms with E-state index >= 15 is 0 Å². The van der Waals surface area contributed by atoms with Gasteiger partial charge in [0.1, 0.15) is 25.9 Å². The first kappa shape index (κ1) is 49.3. The molecule has 1 aromatic rings. The highest BCUT2D eigenvalue weighted by Gasteiger charge is 2.19. The van der Waals surface area contributed by atoms with E-state index in [4.69, 9.17) is 28.4 Å². The number of nitrogens with one attached hydrogen (secondary N) is 1. The molecule has 11 heteroatoms. The Hall–Kier alpha value is -2.89. The van der Waals surface area contributed by atoms with E-state index in [1.165, 1.54) is 64.2 Å². The smallest absolute Gasteiger partial charge is 0.461 e. The molecule has 2 rings (SSSR count). The molecule has 1 unspecified atom stereocenters. The largest absolute Gasteiger partial charge is 0.508 e. The van der Waals surface area contributed by atoms with Crippen LogP contribution in [0, 0.1) is 6.92 Å². The molecule has 0 saturated carbocycles. The fraction of sp³-hybridized carbons (Fsp3) is 0.778. The number of likely N-dealkylation sites (tertiary alicyclic amines) is 1. The van der Waals surface area contributed by atoms with Crippen molar-refractivity contribution in [3.63, 3.8) is 0 Å². The number of carbonyl (C=O) groups excluding carboxylic acids is 3. The van der Waals surface area contributed by atoms with E-state index in [9.17, 15) is 14.4 Å². The van der Waals surface area contributed by atoms with Crippen LogP contribution in [0.25, 0.3) is 0 Å². The zero-order valence-corrected chi connectivity index (χ0v) is 35.4. The van der Waals surface area contributed by atoms with Gasteiger partial charge in [-0.3, -0.25) is 4.79 Å². The summed E-state index contributed by atoms with van der Waals surface area (Å²) in [6.07, 6.45) is 19.5. The van der Waals surface area contributed by atoms with Crippen LogP contribution in [0.4, 0.5) is 9.59 Å². The van der Waals surface area contributed by atoms with Crippen molar-refractivity contribution in [2.45, 2.75) is 181 Å². The van der Waals surface area contributed by atoms with Gasteiger partial charge in [-0.2, -0.15) is 0 Å². The van der Waals surface area contributed by atoms with Crippen molar-refractivity contribution >= 4 is 18.2 Å². The molecule has 1 fully saturated rings. The van der Waals surface area contributed by atoms with Gasteiger partial charge >= 0.3 is 18.2 Å². The predicted molar refractivity (Wildman–Crippen MR) is 221 cm³/mol. The Balaban J connectivity index is 1.77. The van der Waals surface area contributed by atoms with E-state index < -0.39 is 24.6 Å². The van der Waals surface area contributed by atoms with Crippen LogP contribution >= 0.6 is 0 Å². The highest BCUT2D eigenvalue weighted by molar-refractivity contribution is 5.69. The quantitative estimate of drug-likeness (QED) is 0.0312. The number of rotatable bonds is 34. The maximum Gasteiger partial charge on any atom is 0.508 e. The van der Waals surface area contributed by atoms with Crippen molar-refractivity contribution in [1.82, 2.24) is 10.2 Å². The van der Waals surface area contributed by atoms with Crippen LogP contribution in [-0.2, 0) is 46.4 Å². The van der Waals surface area contributed by atoms with Gasteiger partial charge in [-0.05, 0) is 81.3 Å². The van der Waals surface area contributed by atoms with Crippen molar-refractivity contribution < 1.29 is 42.8 Å². The number of hydrogen-bond acceptors (Lipinski definition) is 10. The molecule has 321 valence electrons. The molecule has 1 atom stereocenters. The molecule has 1 aliphatic heterocycles. The fourth-order valence-corrected chi connectivity index (χ4v) is 6.72. The van der Waals surface area contributed by atoms with E-state index in [0.717, 1.165) is 76.6 Å². The molecule has 0 spiro atoms. The fourth-order valence-electron chi connectivity index (χ4n) is 6.72. The van der Waals surface area contributed by atoms with Crippen LogP contribution in [0.2, 0.25) is 0 Å². The Kier molecular flexibility index (Phi) is 29.1. The number of carbonyl (C=O) groups is 3. The summed E-state index contributed by atoms with van der Waals surface area (Å²) in [5, 5.41) is 2.82. The maximum atomic E-state index is 12.8. The van der Waals surface area contributed by atoms with Crippen molar-refractivity contribution in [3.05, 3.63) is 41.8 Å². The number of ether oxygens (including phenoxy) is 6. The number of alkyl carbamates (subject to hydrolysis) is 1. The van der Waals surface area contributed by atoms with E-state index in [1.54, 1.807) is 6.07 Å². The third kappa shape index (κ3) is 26.1. The number of esters is 1. The topological polar surface area (TPSA) is 122 Å². The summed E-state index contributed by atoms with van der Waals surface area (Å²) in [5.74, 6) is -0.330. The second kappa shape index (κ2) is 33.1. The molecule has 1 amide bonds. The third-order valence-electron chi connectivity index (χ3n) is 9.99.